The van der Waals surface area contributed by atoms with Crippen molar-refractivity contribution in [2.24, 2.45) is 14.1 Å². The third-order valence-electron chi connectivity index (χ3n) is 3.94. The van der Waals surface area contributed by atoms with Crippen molar-refractivity contribution in [2.75, 3.05) is 17.5 Å². The van der Waals surface area contributed by atoms with Crippen LogP contribution >= 0.6 is 0 Å². The van der Waals surface area contributed by atoms with Crippen LogP contribution in [0.5, 0.6) is 0 Å². The van der Waals surface area contributed by atoms with E-state index in [0.717, 1.165) is 25.2 Å². The number of hydrogen-bond acceptors (Lipinski definition) is 5. The number of aromatic nitrogens is 2. The van der Waals surface area contributed by atoms with Gasteiger partial charge in [0.05, 0.1) is 25.4 Å². The molecule has 0 radical (unpaired) electrons. The van der Waals surface area contributed by atoms with Crippen LogP contribution in [0.4, 0.5) is 5.69 Å². The Bertz CT molecular complexity index is 1010. The Labute approximate surface area is 138 Å². The summed E-state index contributed by atoms with van der Waals surface area (Å²) >= 11 is 0. The third kappa shape index (κ3) is 2.55. The van der Waals surface area contributed by atoms with E-state index in [2.05, 4.69) is 0 Å². The van der Waals surface area contributed by atoms with E-state index in [0.29, 0.717) is 12.3 Å². The van der Waals surface area contributed by atoms with Gasteiger partial charge in [0.2, 0.25) is 0 Å². The molecule has 8 nitrogen and oxygen atoms in total. The topological polar surface area (TPSA) is 90.6 Å². The fourth-order valence-corrected chi connectivity index (χ4v) is 4.28. The van der Waals surface area contributed by atoms with Gasteiger partial charge in [0.1, 0.15) is 0 Å². The molecular formula is C15H17N3O5S. The lowest BCUT2D eigenvalue weighted by Gasteiger charge is -2.23. The van der Waals surface area contributed by atoms with Crippen LogP contribution in [0.15, 0.2) is 44.9 Å². The smallest absolute Gasteiger partial charge is 0.330 e. The van der Waals surface area contributed by atoms with Gasteiger partial charge in [-0.15, -0.1) is 0 Å². The molecule has 2 aromatic rings. The molecule has 0 atom stereocenters. The molecule has 24 heavy (non-hydrogen) atoms. The molecule has 1 aromatic heterocycles. The Kier molecular flexibility index (Phi) is 4.06. The Balaban J connectivity index is 2.23. The number of rotatable bonds is 2. The van der Waals surface area contributed by atoms with E-state index in [9.17, 15) is 18.0 Å². The highest BCUT2D eigenvalue weighted by Crippen LogP contribution is 2.28. The Morgan fingerprint density at radius 3 is 2.58 bits per heavy atom. The third-order valence-corrected chi connectivity index (χ3v) is 5.74. The molecule has 1 aliphatic heterocycles. The van der Waals surface area contributed by atoms with Gasteiger partial charge in [0.15, 0.2) is 4.90 Å². The molecule has 0 amide bonds. The predicted octanol–water partition coefficient (Wildman–Crippen LogP) is -0.190. The van der Waals surface area contributed by atoms with E-state index >= 15 is 0 Å². The number of hydrogen-bond donors (Lipinski definition) is 0. The van der Waals surface area contributed by atoms with Crippen molar-refractivity contribution >= 4 is 15.7 Å². The lowest BCUT2D eigenvalue weighted by atomic mass is 10.2. The first-order valence-corrected chi connectivity index (χ1v) is 8.73. The van der Waals surface area contributed by atoms with E-state index in [1.165, 1.54) is 14.1 Å². The molecule has 0 fully saturated rings. The van der Waals surface area contributed by atoms with Gasteiger partial charge >= 0.3 is 5.69 Å². The zero-order valence-corrected chi connectivity index (χ0v) is 14.1. The van der Waals surface area contributed by atoms with Gasteiger partial charge in [-0.25, -0.2) is 13.2 Å². The fraction of sp³-hybridized carbons (Fsp3) is 0.333. The van der Waals surface area contributed by atoms with Crippen molar-refractivity contribution in [3.05, 3.63) is 56.9 Å². The van der Waals surface area contributed by atoms with Gasteiger partial charge < -0.3 is 9.30 Å². The van der Waals surface area contributed by atoms with Crippen molar-refractivity contribution in [1.29, 1.82) is 0 Å². The van der Waals surface area contributed by atoms with Crippen LogP contribution in [0.1, 0.15) is 5.56 Å². The molecule has 9 heteroatoms. The number of aryl methyl sites for hydroxylation is 1. The van der Waals surface area contributed by atoms with E-state index in [4.69, 9.17) is 4.74 Å². The normalized spacial score (nSPS) is 15.0. The van der Waals surface area contributed by atoms with Crippen LogP contribution in [-0.4, -0.2) is 30.7 Å². The first-order chi connectivity index (χ1) is 11.3. The lowest BCUT2D eigenvalue weighted by molar-refractivity contribution is 0.133. The average Bonchev–Trinajstić information content (AvgIpc) is 2.79. The first-order valence-electron chi connectivity index (χ1n) is 7.29. The SMILES string of the molecule is Cn1cc(S(=O)(=O)N2CCOCc3ccccc32)c(=O)n(C)c1=O. The van der Waals surface area contributed by atoms with Crippen molar-refractivity contribution in [3.8, 4) is 0 Å². The van der Waals surface area contributed by atoms with Crippen molar-refractivity contribution < 1.29 is 13.2 Å². The Morgan fingerprint density at radius 2 is 1.83 bits per heavy atom. The van der Waals surface area contributed by atoms with Gasteiger partial charge in [-0.1, -0.05) is 18.2 Å². The number of sulfonamides is 1. The molecule has 0 unspecified atom stereocenters. The number of nitrogens with zero attached hydrogens (tertiary/aromatic N) is 3. The molecule has 3 rings (SSSR count). The number of fused-ring (bicyclic) bond motifs is 1. The molecule has 0 bridgehead atoms. The molecule has 0 aliphatic carbocycles. The highest BCUT2D eigenvalue weighted by Gasteiger charge is 2.31. The molecule has 2 heterocycles. The average molecular weight is 351 g/mol. The summed E-state index contributed by atoms with van der Waals surface area (Å²) in [6, 6.07) is 6.98. The summed E-state index contributed by atoms with van der Waals surface area (Å²) in [5, 5.41) is 0. The summed E-state index contributed by atoms with van der Waals surface area (Å²) < 4.78 is 34.6. The van der Waals surface area contributed by atoms with Crippen LogP contribution < -0.4 is 15.6 Å². The zero-order valence-electron chi connectivity index (χ0n) is 13.3. The highest BCUT2D eigenvalue weighted by atomic mass is 32.2. The van der Waals surface area contributed by atoms with E-state index in [-0.39, 0.29) is 13.2 Å². The number of para-hydroxylation sites is 1. The van der Waals surface area contributed by atoms with Crippen LogP contribution in [0, 0.1) is 0 Å². The Morgan fingerprint density at radius 1 is 1.12 bits per heavy atom. The monoisotopic (exact) mass is 351 g/mol. The first kappa shape index (κ1) is 16.5. The number of ether oxygens (including phenoxy) is 1. The van der Waals surface area contributed by atoms with E-state index in [1.807, 2.05) is 0 Å². The molecule has 128 valence electrons. The number of anilines is 1. The second-order valence-corrected chi connectivity index (χ2v) is 7.34. The summed E-state index contributed by atoms with van der Waals surface area (Å²) in [7, 11) is -1.47. The summed E-state index contributed by atoms with van der Waals surface area (Å²) in [6.45, 7) is 0.596. The van der Waals surface area contributed by atoms with Gasteiger partial charge in [0.25, 0.3) is 15.6 Å². The second kappa shape index (κ2) is 5.91. The molecule has 0 spiro atoms. The maximum Gasteiger partial charge on any atom is 0.330 e. The minimum atomic E-state index is -4.13. The largest absolute Gasteiger partial charge is 0.375 e. The molecule has 1 aliphatic rings. The molecule has 0 saturated heterocycles. The molecule has 0 N–H and O–H groups in total. The minimum absolute atomic E-state index is 0.0886. The minimum Gasteiger partial charge on any atom is -0.375 e. The second-order valence-electron chi connectivity index (χ2n) is 5.51. The molecular weight excluding hydrogens is 334 g/mol. The maximum atomic E-state index is 13.1. The van der Waals surface area contributed by atoms with Gasteiger partial charge in [-0.2, -0.15) is 0 Å². The lowest BCUT2D eigenvalue weighted by Crippen LogP contribution is -2.43. The maximum absolute atomic E-state index is 13.1. The predicted molar refractivity (Wildman–Crippen MR) is 87.6 cm³/mol. The molecule has 0 saturated carbocycles. The van der Waals surface area contributed by atoms with Crippen LogP contribution in [0.25, 0.3) is 0 Å². The number of benzene rings is 1. The van der Waals surface area contributed by atoms with Crippen LogP contribution in [0.2, 0.25) is 0 Å². The van der Waals surface area contributed by atoms with Crippen molar-refractivity contribution in [1.82, 2.24) is 9.13 Å². The van der Waals surface area contributed by atoms with Crippen LogP contribution in [0.3, 0.4) is 0 Å². The standard InChI is InChI=1S/C15H17N3O5S/c1-16-9-13(14(19)17(2)15(16)20)24(21,22)18-7-8-23-10-11-5-3-4-6-12(11)18/h3-6,9H,7-8,10H2,1-2H3. The molecule has 1 aromatic carbocycles. The van der Waals surface area contributed by atoms with Crippen LogP contribution in [-0.2, 0) is 35.5 Å². The zero-order chi connectivity index (χ0) is 17.5. The van der Waals surface area contributed by atoms with Crippen molar-refractivity contribution in [3.63, 3.8) is 0 Å². The van der Waals surface area contributed by atoms with Crippen molar-refractivity contribution in [2.45, 2.75) is 11.5 Å². The van der Waals surface area contributed by atoms with Gasteiger partial charge in [-0.3, -0.25) is 13.7 Å². The summed E-state index contributed by atoms with van der Waals surface area (Å²) in [4.78, 5) is 23.7. The van der Waals surface area contributed by atoms with Gasteiger partial charge in [-0.05, 0) is 6.07 Å². The fourth-order valence-electron chi connectivity index (χ4n) is 2.65. The quantitative estimate of drug-likeness (QED) is 0.748. The highest BCUT2D eigenvalue weighted by molar-refractivity contribution is 7.92. The summed E-state index contributed by atoms with van der Waals surface area (Å²) in [6.07, 6.45) is 1.06. The Hall–Kier alpha value is -2.39. The van der Waals surface area contributed by atoms with E-state index < -0.39 is 26.2 Å². The summed E-state index contributed by atoms with van der Waals surface area (Å²) in [5.41, 5.74) is -0.231. The van der Waals surface area contributed by atoms with E-state index in [1.54, 1.807) is 24.3 Å². The summed E-state index contributed by atoms with van der Waals surface area (Å²) in [5.74, 6) is 0. The van der Waals surface area contributed by atoms with Gasteiger partial charge in [0, 0.05) is 25.9 Å².